The van der Waals surface area contributed by atoms with Gasteiger partial charge < -0.3 is 10.5 Å². The van der Waals surface area contributed by atoms with Crippen molar-refractivity contribution in [2.75, 3.05) is 6.61 Å². The van der Waals surface area contributed by atoms with Crippen LogP contribution in [0.25, 0.3) is 0 Å². The molecule has 1 atom stereocenters. The number of hydrogen-bond acceptors (Lipinski definition) is 2. The van der Waals surface area contributed by atoms with Crippen LogP contribution >= 0.6 is 0 Å². The third kappa shape index (κ3) is 2.67. The van der Waals surface area contributed by atoms with Crippen LogP contribution in [-0.2, 0) is 4.74 Å². The van der Waals surface area contributed by atoms with Crippen LogP contribution in [-0.4, -0.2) is 18.2 Å². The summed E-state index contributed by atoms with van der Waals surface area (Å²) in [5, 5.41) is 0. The van der Waals surface area contributed by atoms with Crippen molar-refractivity contribution in [2.24, 2.45) is 5.73 Å². The summed E-state index contributed by atoms with van der Waals surface area (Å²) in [6.45, 7) is 8.87. The molecule has 0 aliphatic rings. The fourth-order valence-electron chi connectivity index (χ4n) is 0.971. The molecule has 0 radical (unpaired) electrons. The molecule has 0 saturated heterocycles. The van der Waals surface area contributed by atoms with Crippen molar-refractivity contribution in [1.29, 1.82) is 0 Å². The van der Waals surface area contributed by atoms with Gasteiger partial charge in [-0.25, -0.2) is 0 Å². The molecule has 0 aromatic rings. The van der Waals surface area contributed by atoms with E-state index in [4.69, 9.17) is 10.5 Å². The highest BCUT2D eigenvalue weighted by Crippen LogP contribution is 2.14. The smallest absolute Gasteiger partial charge is 0.0776 e. The topological polar surface area (TPSA) is 35.2 Å². The average Bonchev–Trinajstić information content (AvgIpc) is 1.86. The highest BCUT2D eigenvalue weighted by molar-refractivity contribution is 4.81. The molecule has 0 saturated carbocycles. The molecule has 10 heavy (non-hydrogen) atoms. The molecule has 0 unspecified atom stereocenters. The Hall–Kier alpha value is -0.0800. The Balaban J connectivity index is 3.82. The van der Waals surface area contributed by atoms with Crippen LogP contribution in [0.2, 0.25) is 0 Å². The Kier molecular flexibility index (Phi) is 3.91. The van der Waals surface area contributed by atoms with E-state index < -0.39 is 0 Å². The van der Waals surface area contributed by atoms with E-state index in [1.165, 1.54) is 0 Å². The van der Waals surface area contributed by atoms with E-state index >= 15 is 0 Å². The van der Waals surface area contributed by atoms with Crippen LogP contribution in [0.1, 0.15) is 34.1 Å². The van der Waals surface area contributed by atoms with E-state index in [9.17, 15) is 0 Å². The lowest BCUT2D eigenvalue weighted by molar-refractivity contribution is -0.0296. The summed E-state index contributed by atoms with van der Waals surface area (Å²) in [5.74, 6) is 0. The first-order valence-electron chi connectivity index (χ1n) is 3.94. The Morgan fingerprint density at radius 1 is 1.40 bits per heavy atom. The first-order chi connectivity index (χ1) is 4.54. The van der Waals surface area contributed by atoms with Crippen molar-refractivity contribution in [2.45, 2.75) is 45.8 Å². The van der Waals surface area contributed by atoms with Gasteiger partial charge in [-0.15, -0.1) is 0 Å². The van der Waals surface area contributed by atoms with Gasteiger partial charge >= 0.3 is 0 Å². The lowest BCUT2D eigenvalue weighted by Gasteiger charge is -2.30. The highest BCUT2D eigenvalue weighted by Gasteiger charge is 2.24. The molecule has 0 aromatic carbocycles. The largest absolute Gasteiger partial charge is 0.374 e. The molecule has 0 aromatic heterocycles. The number of rotatable bonds is 4. The Morgan fingerprint density at radius 3 is 2.20 bits per heavy atom. The third-order valence-electron chi connectivity index (χ3n) is 1.85. The van der Waals surface area contributed by atoms with Gasteiger partial charge in [0.05, 0.1) is 5.60 Å². The predicted octanol–water partition coefficient (Wildman–Crippen LogP) is 1.54. The van der Waals surface area contributed by atoms with Crippen molar-refractivity contribution in [3.05, 3.63) is 0 Å². The molecule has 62 valence electrons. The van der Waals surface area contributed by atoms with Gasteiger partial charge in [-0.2, -0.15) is 0 Å². The van der Waals surface area contributed by atoms with Gasteiger partial charge in [0.15, 0.2) is 0 Å². The molecule has 0 rings (SSSR count). The van der Waals surface area contributed by atoms with E-state index in [2.05, 4.69) is 6.92 Å². The van der Waals surface area contributed by atoms with Crippen molar-refractivity contribution in [1.82, 2.24) is 0 Å². The van der Waals surface area contributed by atoms with Gasteiger partial charge in [0, 0.05) is 12.6 Å². The Morgan fingerprint density at radius 2 is 1.90 bits per heavy atom. The maximum atomic E-state index is 5.81. The standard InChI is InChI=1S/C8H19NO/c1-5-7(9)8(3,4)10-6-2/h7H,5-6,9H2,1-4H3/t7-/m1/s1. The monoisotopic (exact) mass is 145 g/mol. The zero-order valence-electron chi connectivity index (χ0n) is 7.48. The van der Waals surface area contributed by atoms with Gasteiger partial charge in [0.1, 0.15) is 0 Å². The average molecular weight is 145 g/mol. The van der Waals surface area contributed by atoms with E-state index in [-0.39, 0.29) is 11.6 Å². The van der Waals surface area contributed by atoms with Crippen LogP contribution in [0.4, 0.5) is 0 Å². The van der Waals surface area contributed by atoms with Crippen LogP contribution in [0.15, 0.2) is 0 Å². The van der Waals surface area contributed by atoms with E-state index in [1.54, 1.807) is 0 Å². The molecule has 0 fully saturated rings. The SMILES string of the molecule is CCOC(C)(C)[C@H](N)CC. The zero-order valence-corrected chi connectivity index (χ0v) is 7.48. The van der Waals surface area contributed by atoms with Gasteiger partial charge in [0.2, 0.25) is 0 Å². The van der Waals surface area contributed by atoms with Gasteiger partial charge in [-0.3, -0.25) is 0 Å². The first-order valence-corrected chi connectivity index (χ1v) is 3.94. The Labute approximate surface area is 63.7 Å². The van der Waals surface area contributed by atoms with E-state index in [1.807, 2.05) is 20.8 Å². The second kappa shape index (κ2) is 3.94. The van der Waals surface area contributed by atoms with Gasteiger partial charge in [-0.05, 0) is 27.2 Å². The summed E-state index contributed by atoms with van der Waals surface area (Å²) in [6.07, 6.45) is 0.965. The fraction of sp³-hybridized carbons (Fsp3) is 1.00. The van der Waals surface area contributed by atoms with Crippen molar-refractivity contribution in [3.63, 3.8) is 0 Å². The predicted molar refractivity (Wildman–Crippen MR) is 44.0 cm³/mol. The molecule has 0 aliphatic carbocycles. The zero-order chi connectivity index (χ0) is 8.20. The molecule has 0 bridgehead atoms. The second-order valence-electron chi connectivity index (χ2n) is 3.05. The minimum Gasteiger partial charge on any atom is -0.374 e. The number of hydrogen-bond donors (Lipinski definition) is 1. The lowest BCUT2D eigenvalue weighted by atomic mass is 9.97. The molecule has 0 amide bonds. The van der Waals surface area contributed by atoms with E-state index in [0.717, 1.165) is 13.0 Å². The summed E-state index contributed by atoms with van der Waals surface area (Å²) >= 11 is 0. The summed E-state index contributed by atoms with van der Waals surface area (Å²) < 4.78 is 5.46. The summed E-state index contributed by atoms with van der Waals surface area (Å²) in [4.78, 5) is 0. The van der Waals surface area contributed by atoms with Gasteiger partial charge in [-0.1, -0.05) is 6.92 Å². The van der Waals surface area contributed by atoms with E-state index in [0.29, 0.717) is 0 Å². The van der Waals surface area contributed by atoms with Crippen molar-refractivity contribution < 1.29 is 4.74 Å². The molecule has 0 aliphatic heterocycles. The van der Waals surface area contributed by atoms with Crippen molar-refractivity contribution in [3.8, 4) is 0 Å². The first kappa shape index (κ1) is 9.92. The quantitative estimate of drug-likeness (QED) is 0.651. The lowest BCUT2D eigenvalue weighted by Crippen LogP contribution is -2.44. The second-order valence-corrected chi connectivity index (χ2v) is 3.05. The number of nitrogens with two attached hydrogens (primary N) is 1. The maximum Gasteiger partial charge on any atom is 0.0776 e. The molecule has 0 heterocycles. The molecule has 0 spiro atoms. The Bertz CT molecular complexity index is 91.3. The summed E-state index contributed by atoms with van der Waals surface area (Å²) in [6, 6.07) is 0.146. The highest BCUT2D eigenvalue weighted by atomic mass is 16.5. The fourth-order valence-corrected chi connectivity index (χ4v) is 0.971. The molecule has 2 nitrogen and oxygen atoms in total. The van der Waals surface area contributed by atoms with Crippen LogP contribution in [0.5, 0.6) is 0 Å². The molecular formula is C8H19NO. The molecular weight excluding hydrogens is 126 g/mol. The van der Waals surface area contributed by atoms with Crippen molar-refractivity contribution >= 4 is 0 Å². The normalized spacial score (nSPS) is 15.3. The molecule has 2 N–H and O–H groups in total. The summed E-state index contributed by atoms with van der Waals surface area (Å²) in [7, 11) is 0. The third-order valence-corrected chi connectivity index (χ3v) is 1.85. The van der Waals surface area contributed by atoms with Gasteiger partial charge in [0.25, 0.3) is 0 Å². The minimum atomic E-state index is -0.163. The maximum absolute atomic E-state index is 5.81. The van der Waals surface area contributed by atoms with Crippen LogP contribution < -0.4 is 5.73 Å². The molecule has 2 heteroatoms. The minimum absolute atomic E-state index is 0.146. The summed E-state index contributed by atoms with van der Waals surface area (Å²) in [5.41, 5.74) is 5.65. The van der Waals surface area contributed by atoms with Crippen LogP contribution in [0.3, 0.4) is 0 Å². The van der Waals surface area contributed by atoms with Crippen LogP contribution in [0, 0.1) is 0 Å². The number of ether oxygens (including phenoxy) is 1.